The molecule has 0 saturated heterocycles. The van der Waals surface area contributed by atoms with Gasteiger partial charge in [0.15, 0.2) is 0 Å². The van der Waals surface area contributed by atoms with Crippen molar-refractivity contribution in [2.24, 2.45) is 5.92 Å². The third-order valence-electron chi connectivity index (χ3n) is 0.876. The average molecular weight is 341 g/mol. The Morgan fingerprint density at radius 2 is 1.90 bits per heavy atom. The number of aliphatic hydroxyl groups is 1. The molecule has 0 aliphatic rings. The minimum absolute atomic E-state index is 0.433. The van der Waals surface area contributed by atoms with E-state index in [1.54, 1.807) is 0 Å². The van der Waals surface area contributed by atoms with E-state index in [0.29, 0.717) is 0 Å². The lowest BCUT2D eigenvalue weighted by atomic mass is 10.2. The fourth-order valence-electron chi connectivity index (χ4n) is 0.322. The van der Waals surface area contributed by atoms with Crippen molar-refractivity contribution in [3.8, 4) is 0 Å². The van der Waals surface area contributed by atoms with Crippen molar-refractivity contribution in [2.45, 2.75) is 2.14 Å². The SMILES string of the molecule is O=C(O)C(CO)C(Br)(Br)Br. The largest absolute Gasteiger partial charge is 0.481 e. The number of carbonyl (C=O) groups is 1. The summed E-state index contributed by atoms with van der Waals surface area (Å²) in [4.78, 5) is 10.3. The highest BCUT2D eigenvalue weighted by molar-refractivity contribution is 9.39. The summed E-state index contributed by atoms with van der Waals surface area (Å²) in [5, 5.41) is 17.0. The van der Waals surface area contributed by atoms with Gasteiger partial charge in [0.25, 0.3) is 0 Å². The van der Waals surface area contributed by atoms with Crippen molar-refractivity contribution >= 4 is 53.8 Å². The van der Waals surface area contributed by atoms with E-state index < -0.39 is 20.6 Å². The first-order valence-electron chi connectivity index (χ1n) is 2.30. The minimum Gasteiger partial charge on any atom is -0.481 e. The summed E-state index contributed by atoms with van der Waals surface area (Å²) < 4.78 is -0.923. The number of hydrogen-bond acceptors (Lipinski definition) is 2. The van der Waals surface area contributed by atoms with Crippen LogP contribution >= 0.6 is 47.8 Å². The van der Waals surface area contributed by atoms with Gasteiger partial charge in [0.1, 0.15) is 8.06 Å². The van der Waals surface area contributed by atoms with Crippen LogP contribution in [0.15, 0.2) is 0 Å². The summed E-state index contributed by atoms with van der Waals surface area (Å²) in [7, 11) is 0. The molecule has 0 rings (SSSR count). The van der Waals surface area contributed by atoms with Gasteiger partial charge in [0.2, 0.25) is 0 Å². The van der Waals surface area contributed by atoms with Gasteiger partial charge in [-0.3, -0.25) is 4.79 Å². The van der Waals surface area contributed by atoms with Gasteiger partial charge in [-0.2, -0.15) is 0 Å². The molecule has 0 spiro atoms. The van der Waals surface area contributed by atoms with Crippen LogP contribution < -0.4 is 0 Å². The minimum atomic E-state index is -1.08. The van der Waals surface area contributed by atoms with Gasteiger partial charge in [-0.15, -0.1) is 0 Å². The first kappa shape index (κ1) is 10.9. The second-order valence-corrected chi connectivity index (χ2v) is 8.56. The van der Waals surface area contributed by atoms with E-state index >= 15 is 0 Å². The first-order chi connectivity index (χ1) is 4.39. The number of carboxylic acid groups (broad SMARTS) is 1. The molecule has 0 aliphatic heterocycles. The Bertz CT molecular complexity index is 130. The lowest BCUT2D eigenvalue weighted by Crippen LogP contribution is -2.29. The Hall–Kier alpha value is 0.870. The number of aliphatic carboxylic acids is 1. The van der Waals surface area contributed by atoms with Crippen LogP contribution in [0.25, 0.3) is 0 Å². The fourth-order valence-corrected chi connectivity index (χ4v) is 1.34. The predicted molar refractivity (Wildman–Crippen MR) is 47.7 cm³/mol. The van der Waals surface area contributed by atoms with Crippen LogP contribution in [0.5, 0.6) is 0 Å². The van der Waals surface area contributed by atoms with Gasteiger partial charge in [-0.05, 0) is 0 Å². The number of alkyl halides is 3. The third-order valence-corrected chi connectivity index (χ3v) is 2.53. The molecule has 0 saturated carbocycles. The quantitative estimate of drug-likeness (QED) is 0.749. The zero-order valence-corrected chi connectivity index (χ0v) is 9.48. The summed E-state index contributed by atoms with van der Waals surface area (Å²) in [6.07, 6.45) is 0. The van der Waals surface area contributed by atoms with Gasteiger partial charge in [-0.25, -0.2) is 0 Å². The first-order valence-corrected chi connectivity index (χ1v) is 4.68. The molecule has 0 aliphatic carbocycles. The van der Waals surface area contributed by atoms with Crippen LogP contribution in [0.4, 0.5) is 0 Å². The topological polar surface area (TPSA) is 57.5 Å². The molecule has 0 aromatic rings. The van der Waals surface area contributed by atoms with E-state index in [1.807, 2.05) is 0 Å². The van der Waals surface area contributed by atoms with Crippen LogP contribution in [0.3, 0.4) is 0 Å². The molecule has 1 atom stereocenters. The number of aliphatic hydroxyl groups excluding tert-OH is 1. The number of halogens is 3. The van der Waals surface area contributed by atoms with Gasteiger partial charge in [0.05, 0.1) is 6.61 Å². The third kappa shape index (κ3) is 3.32. The highest BCUT2D eigenvalue weighted by atomic mass is 80.0. The molecule has 0 aromatic carbocycles. The van der Waals surface area contributed by atoms with Crippen LogP contribution in [-0.2, 0) is 4.79 Å². The van der Waals surface area contributed by atoms with Crippen LogP contribution in [0.2, 0.25) is 0 Å². The summed E-state index contributed by atoms with van der Waals surface area (Å²) in [5.41, 5.74) is 0. The smallest absolute Gasteiger partial charge is 0.312 e. The summed E-state index contributed by atoms with van der Waals surface area (Å²) >= 11 is 8.99. The molecule has 60 valence electrons. The monoisotopic (exact) mass is 338 g/mol. The van der Waals surface area contributed by atoms with Crippen molar-refractivity contribution in [1.29, 1.82) is 0 Å². The number of rotatable bonds is 2. The fraction of sp³-hybridized carbons (Fsp3) is 0.750. The molecule has 3 nitrogen and oxygen atoms in total. The Kier molecular flexibility index (Phi) is 4.39. The Morgan fingerprint density at radius 1 is 1.50 bits per heavy atom. The molecule has 2 N–H and O–H groups in total. The van der Waals surface area contributed by atoms with Crippen molar-refractivity contribution in [3.63, 3.8) is 0 Å². The second kappa shape index (κ2) is 4.04. The zero-order valence-electron chi connectivity index (χ0n) is 4.72. The van der Waals surface area contributed by atoms with Crippen molar-refractivity contribution in [1.82, 2.24) is 0 Å². The van der Waals surface area contributed by atoms with Crippen molar-refractivity contribution < 1.29 is 15.0 Å². The van der Waals surface area contributed by atoms with Gasteiger partial charge in [0, 0.05) is 0 Å². The highest BCUT2D eigenvalue weighted by Crippen LogP contribution is 2.40. The standard InChI is InChI=1S/C4H5Br3O3/c5-4(6,7)2(1-8)3(9)10/h2,8H,1H2,(H,9,10). The lowest BCUT2D eigenvalue weighted by molar-refractivity contribution is -0.142. The van der Waals surface area contributed by atoms with Gasteiger partial charge in [-0.1, -0.05) is 47.8 Å². The molecule has 0 heterocycles. The molecular formula is C4H5Br3O3. The molecule has 0 aromatic heterocycles. The summed E-state index contributed by atoms with van der Waals surface area (Å²) in [5.74, 6) is -1.99. The Balaban J connectivity index is 4.22. The predicted octanol–water partition coefficient (Wildman–Crippen LogP) is 1.52. The van der Waals surface area contributed by atoms with E-state index in [1.165, 1.54) is 0 Å². The van der Waals surface area contributed by atoms with Crippen LogP contribution in [0, 0.1) is 5.92 Å². The molecule has 0 amide bonds. The molecule has 0 radical (unpaired) electrons. The maximum absolute atomic E-state index is 10.3. The zero-order chi connectivity index (χ0) is 8.36. The highest BCUT2D eigenvalue weighted by Gasteiger charge is 2.35. The van der Waals surface area contributed by atoms with E-state index in [9.17, 15) is 4.79 Å². The van der Waals surface area contributed by atoms with Crippen molar-refractivity contribution in [2.75, 3.05) is 6.61 Å². The van der Waals surface area contributed by atoms with E-state index in [0.717, 1.165) is 0 Å². The van der Waals surface area contributed by atoms with Crippen LogP contribution in [0.1, 0.15) is 0 Å². The molecular weight excluding hydrogens is 336 g/mol. The van der Waals surface area contributed by atoms with E-state index in [4.69, 9.17) is 10.2 Å². The molecule has 6 heteroatoms. The molecule has 0 bridgehead atoms. The van der Waals surface area contributed by atoms with Crippen molar-refractivity contribution in [3.05, 3.63) is 0 Å². The molecule has 0 fully saturated rings. The Labute approximate surface area is 83.2 Å². The molecule has 10 heavy (non-hydrogen) atoms. The second-order valence-electron chi connectivity index (χ2n) is 1.62. The number of carboxylic acids is 1. The maximum Gasteiger partial charge on any atom is 0.312 e. The summed E-state index contributed by atoms with van der Waals surface area (Å²) in [6.45, 7) is -0.433. The lowest BCUT2D eigenvalue weighted by Gasteiger charge is -2.18. The molecule has 1 unspecified atom stereocenters. The maximum atomic E-state index is 10.3. The summed E-state index contributed by atoms with van der Waals surface area (Å²) in [6, 6.07) is 0. The average Bonchev–Trinajstić information content (AvgIpc) is 1.60. The van der Waals surface area contributed by atoms with Gasteiger partial charge < -0.3 is 10.2 Å². The van der Waals surface area contributed by atoms with E-state index in [2.05, 4.69) is 47.8 Å². The number of hydrogen-bond donors (Lipinski definition) is 2. The normalized spacial score (nSPS) is 14.8. The van der Waals surface area contributed by atoms with Gasteiger partial charge >= 0.3 is 5.97 Å². The Morgan fingerprint density at radius 3 is 1.90 bits per heavy atom. The van der Waals surface area contributed by atoms with E-state index in [-0.39, 0.29) is 0 Å². The van der Waals surface area contributed by atoms with Crippen LogP contribution in [-0.4, -0.2) is 24.9 Å².